The first kappa shape index (κ1) is 18.6. The van der Waals surface area contributed by atoms with Gasteiger partial charge in [0.2, 0.25) is 5.43 Å². The SMILES string of the molecule is N#CCCOCCOCCCc1ccc2[nH]cc(C(=O)O)c(=O)c2c1. The molecule has 0 aliphatic rings. The molecule has 0 radical (unpaired) electrons. The first-order valence-electron chi connectivity index (χ1n) is 8.03. The van der Waals surface area contributed by atoms with Crippen LogP contribution in [0.4, 0.5) is 0 Å². The number of aromatic amines is 1. The Morgan fingerprint density at radius 1 is 1.20 bits per heavy atom. The summed E-state index contributed by atoms with van der Waals surface area (Å²) in [7, 11) is 0. The molecule has 0 unspecified atom stereocenters. The fourth-order valence-corrected chi connectivity index (χ4v) is 2.40. The van der Waals surface area contributed by atoms with Crippen LogP contribution in [0.5, 0.6) is 0 Å². The molecule has 7 heteroatoms. The van der Waals surface area contributed by atoms with E-state index < -0.39 is 11.4 Å². The molecule has 1 aromatic carbocycles. The zero-order chi connectivity index (χ0) is 18.1. The molecule has 2 N–H and O–H groups in total. The van der Waals surface area contributed by atoms with Gasteiger partial charge in [0.25, 0.3) is 0 Å². The van der Waals surface area contributed by atoms with Gasteiger partial charge in [-0.05, 0) is 30.5 Å². The number of rotatable bonds is 10. The average molecular weight is 344 g/mol. The molecule has 0 aliphatic carbocycles. The van der Waals surface area contributed by atoms with Gasteiger partial charge >= 0.3 is 5.97 Å². The van der Waals surface area contributed by atoms with Gasteiger partial charge in [0.15, 0.2) is 0 Å². The number of hydrogen-bond donors (Lipinski definition) is 2. The Hall–Kier alpha value is -2.69. The van der Waals surface area contributed by atoms with E-state index in [1.165, 1.54) is 6.20 Å². The molecule has 2 rings (SSSR count). The normalized spacial score (nSPS) is 10.7. The van der Waals surface area contributed by atoms with E-state index in [0.29, 0.717) is 43.8 Å². The Morgan fingerprint density at radius 3 is 2.68 bits per heavy atom. The van der Waals surface area contributed by atoms with Gasteiger partial charge in [0.1, 0.15) is 5.56 Å². The molecule has 0 saturated carbocycles. The molecule has 2 aromatic rings. The molecule has 0 spiro atoms. The summed E-state index contributed by atoms with van der Waals surface area (Å²) in [5.41, 5.74) is 0.831. The average Bonchev–Trinajstić information content (AvgIpc) is 2.60. The van der Waals surface area contributed by atoms with Crippen LogP contribution >= 0.6 is 0 Å². The summed E-state index contributed by atoms with van der Waals surface area (Å²) in [5.74, 6) is -1.24. The highest BCUT2D eigenvalue weighted by atomic mass is 16.5. The lowest BCUT2D eigenvalue weighted by molar-refractivity contribution is 0.0490. The number of nitrogens with one attached hydrogen (secondary N) is 1. The van der Waals surface area contributed by atoms with Crippen molar-refractivity contribution in [2.75, 3.05) is 26.4 Å². The zero-order valence-electron chi connectivity index (χ0n) is 13.8. The van der Waals surface area contributed by atoms with Crippen LogP contribution in [0.3, 0.4) is 0 Å². The number of nitriles is 1. The Bertz CT molecular complexity index is 822. The van der Waals surface area contributed by atoms with Gasteiger partial charge in [-0.15, -0.1) is 0 Å². The highest BCUT2D eigenvalue weighted by Gasteiger charge is 2.11. The number of aromatic carboxylic acids is 1. The molecule has 0 atom stereocenters. The fraction of sp³-hybridized carbons (Fsp3) is 0.389. The number of nitrogens with zero attached hydrogens (tertiary/aromatic N) is 1. The van der Waals surface area contributed by atoms with E-state index >= 15 is 0 Å². The van der Waals surface area contributed by atoms with Crippen molar-refractivity contribution >= 4 is 16.9 Å². The summed E-state index contributed by atoms with van der Waals surface area (Å²) >= 11 is 0. The maximum atomic E-state index is 12.2. The topological polar surface area (TPSA) is 112 Å². The molecule has 0 fully saturated rings. The fourth-order valence-electron chi connectivity index (χ4n) is 2.40. The van der Waals surface area contributed by atoms with E-state index in [-0.39, 0.29) is 5.56 Å². The van der Waals surface area contributed by atoms with Crippen molar-refractivity contribution in [1.82, 2.24) is 4.98 Å². The highest BCUT2D eigenvalue weighted by Crippen LogP contribution is 2.13. The van der Waals surface area contributed by atoms with Crippen molar-refractivity contribution in [2.24, 2.45) is 0 Å². The summed E-state index contributed by atoms with van der Waals surface area (Å²) < 4.78 is 10.6. The number of aromatic nitrogens is 1. The third kappa shape index (κ3) is 5.41. The highest BCUT2D eigenvalue weighted by molar-refractivity contribution is 5.92. The summed E-state index contributed by atoms with van der Waals surface area (Å²) in [6, 6.07) is 7.41. The van der Waals surface area contributed by atoms with Crippen LogP contribution in [0.2, 0.25) is 0 Å². The third-order valence-corrected chi connectivity index (χ3v) is 3.66. The molecular weight excluding hydrogens is 324 g/mol. The van der Waals surface area contributed by atoms with Gasteiger partial charge in [-0.3, -0.25) is 4.79 Å². The molecule has 1 aromatic heterocycles. The second-order valence-electron chi connectivity index (χ2n) is 5.45. The van der Waals surface area contributed by atoms with Gasteiger partial charge in [0.05, 0.1) is 32.3 Å². The number of carboxylic acid groups (broad SMARTS) is 1. The van der Waals surface area contributed by atoms with Crippen LogP contribution in [0.1, 0.15) is 28.8 Å². The predicted molar refractivity (Wildman–Crippen MR) is 91.7 cm³/mol. The number of ether oxygens (including phenoxy) is 2. The summed E-state index contributed by atoms with van der Waals surface area (Å²) in [5, 5.41) is 17.8. The van der Waals surface area contributed by atoms with Crippen LogP contribution in [0.25, 0.3) is 10.9 Å². The summed E-state index contributed by atoms with van der Waals surface area (Å²) in [4.78, 5) is 26.1. The minimum atomic E-state index is -1.24. The minimum Gasteiger partial charge on any atom is -0.477 e. The standard InChI is InChI=1S/C18H20N2O5/c19-6-2-8-25-10-9-24-7-1-3-13-4-5-16-14(11-13)17(21)15(12-20-16)18(22)23/h4-5,11-12H,1-3,7-10H2,(H,20,21)(H,22,23). The monoisotopic (exact) mass is 344 g/mol. The van der Waals surface area contributed by atoms with Gasteiger partial charge < -0.3 is 19.6 Å². The smallest absolute Gasteiger partial charge is 0.341 e. The van der Waals surface area contributed by atoms with Crippen LogP contribution in [0, 0.1) is 11.3 Å². The number of carbonyl (C=O) groups is 1. The first-order valence-corrected chi connectivity index (χ1v) is 8.03. The number of carboxylic acids is 1. The molecule has 0 amide bonds. The van der Waals surface area contributed by atoms with Crippen molar-refractivity contribution in [1.29, 1.82) is 5.26 Å². The van der Waals surface area contributed by atoms with Crippen LogP contribution in [0.15, 0.2) is 29.2 Å². The second-order valence-corrected chi connectivity index (χ2v) is 5.45. The lowest BCUT2D eigenvalue weighted by Gasteiger charge is -2.06. The molecular formula is C18H20N2O5. The zero-order valence-corrected chi connectivity index (χ0v) is 13.8. The van der Waals surface area contributed by atoms with Crippen molar-refractivity contribution in [3.05, 3.63) is 45.7 Å². The lowest BCUT2D eigenvalue weighted by Crippen LogP contribution is -2.15. The number of H-pyrrole nitrogens is 1. The Labute approximate surface area is 144 Å². The third-order valence-electron chi connectivity index (χ3n) is 3.66. The van der Waals surface area contributed by atoms with Crippen LogP contribution in [-0.2, 0) is 15.9 Å². The Balaban J connectivity index is 1.84. The van der Waals surface area contributed by atoms with Gasteiger partial charge in [-0.1, -0.05) is 6.07 Å². The molecule has 0 saturated heterocycles. The number of hydrogen-bond acceptors (Lipinski definition) is 5. The van der Waals surface area contributed by atoms with E-state index in [1.54, 1.807) is 12.1 Å². The van der Waals surface area contributed by atoms with Gasteiger partial charge in [0, 0.05) is 23.7 Å². The van der Waals surface area contributed by atoms with Crippen molar-refractivity contribution in [2.45, 2.75) is 19.3 Å². The largest absolute Gasteiger partial charge is 0.477 e. The molecule has 0 bridgehead atoms. The van der Waals surface area contributed by atoms with Crippen molar-refractivity contribution in [3.63, 3.8) is 0 Å². The van der Waals surface area contributed by atoms with Gasteiger partial charge in [-0.2, -0.15) is 5.26 Å². The summed E-state index contributed by atoms with van der Waals surface area (Å²) in [6.07, 6.45) is 3.10. The second kappa shape index (κ2) is 9.57. The number of fused-ring (bicyclic) bond motifs is 1. The van der Waals surface area contributed by atoms with Crippen molar-refractivity contribution in [3.8, 4) is 6.07 Å². The van der Waals surface area contributed by atoms with Crippen LogP contribution in [-0.4, -0.2) is 42.5 Å². The van der Waals surface area contributed by atoms with Crippen molar-refractivity contribution < 1.29 is 19.4 Å². The molecule has 25 heavy (non-hydrogen) atoms. The molecule has 1 heterocycles. The van der Waals surface area contributed by atoms with E-state index in [2.05, 4.69) is 4.98 Å². The number of aryl methyl sites for hydroxylation is 1. The first-order chi connectivity index (χ1) is 12.1. The Kier molecular flexibility index (Phi) is 7.14. The molecule has 0 aliphatic heterocycles. The van der Waals surface area contributed by atoms with E-state index in [9.17, 15) is 9.59 Å². The number of pyridine rings is 1. The molecule has 7 nitrogen and oxygen atoms in total. The minimum absolute atomic E-state index is 0.260. The Morgan fingerprint density at radius 2 is 1.96 bits per heavy atom. The maximum absolute atomic E-state index is 12.2. The summed E-state index contributed by atoms with van der Waals surface area (Å²) in [6.45, 7) is 1.92. The van der Waals surface area contributed by atoms with Gasteiger partial charge in [-0.25, -0.2) is 4.79 Å². The van der Waals surface area contributed by atoms with Crippen LogP contribution < -0.4 is 5.43 Å². The number of benzene rings is 1. The lowest BCUT2D eigenvalue weighted by atomic mass is 10.1. The quantitative estimate of drug-likeness (QED) is 0.638. The predicted octanol–water partition coefficient (Wildman–Crippen LogP) is 2.11. The van der Waals surface area contributed by atoms with E-state index in [1.807, 2.05) is 12.1 Å². The molecule has 132 valence electrons. The van der Waals surface area contributed by atoms with E-state index in [4.69, 9.17) is 19.8 Å². The van der Waals surface area contributed by atoms with E-state index in [0.717, 1.165) is 18.4 Å². The maximum Gasteiger partial charge on any atom is 0.341 e.